The summed E-state index contributed by atoms with van der Waals surface area (Å²) in [5.41, 5.74) is 7.99. The number of ether oxygens (including phenoxy) is 1. The molecule has 0 aliphatic rings. The Morgan fingerprint density at radius 1 is 1.10 bits per heavy atom. The van der Waals surface area contributed by atoms with Gasteiger partial charge in [-0.3, -0.25) is 4.79 Å². The Morgan fingerprint density at radius 2 is 1.81 bits per heavy atom. The molecule has 0 saturated carbocycles. The summed E-state index contributed by atoms with van der Waals surface area (Å²) >= 11 is 3.38. The highest BCUT2D eigenvalue weighted by molar-refractivity contribution is 9.10. The maximum Gasteiger partial charge on any atom is 0.323 e. The van der Waals surface area contributed by atoms with Gasteiger partial charge < -0.3 is 10.5 Å². The van der Waals surface area contributed by atoms with Gasteiger partial charge >= 0.3 is 5.97 Å². The highest BCUT2D eigenvalue weighted by Crippen LogP contribution is 2.13. The van der Waals surface area contributed by atoms with Gasteiger partial charge in [-0.15, -0.1) is 0 Å². The normalized spacial score (nSPS) is 11.9. The quantitative estimate of drug-likeness (QED) is 0.814. The molecule has 2 aromatic carbocycles. The van der Waals surface area contributed by atoms with Crippen LogP contribution in [0.1, 0.15) is 17.5 Å². The molecular formula is C17H18BrNO2. The molecule has 1 atom stereocenters. The van der Waals surface area contributed by atoms with Gasteiger partial charge in [0.25, 0.3) is 0 Å². The minimum atomic E-state index is -0.586. The number of hydrogen-bond donors (Lipinski definition) is 1. The van der Waals surface area contributed by atoms with Crippen LogP contribution in [0.3, 0.4) is 0 Å². The molecule has 0 aromatic heterocycles. The second kappa shape index (κ2) is 7.96. The number of esters is 1. The molecule has 110 valence electrons. The molecule has 0 spiro atoms. The lowest BCUT2D eigenvalue weighted by Gasteiger charge is -2.11. The van der Waals surface area contributed by atoms with E-state index < -0.39 is 6.04 Å². The fraction of sp³-hybridized carbons (Fsp3) is 0.235. The van der Waals surface area contributed by atoms with Crippen molar-refractivity contribution in [1.82, 2.24) is 0 Å². The molecule has 2 N–H and O–H groups in total. The molecule has 0 amide bonds. The average Bonchev–Trinajstić information content (AvgIpc) is 2.51. The van der Waals surface area contributed by atoms with Gasteiger partial charge in [0.1, 0.15) is 12.6 Å². The Morgan fingerprint density at radius 3 is 2.52 bits per heavy atom. The lowest BCUT2D eigenvalue weighted by molar-refractivity contribution is -0.146. The molecule has 0 aliphatic carbocycles. The lowest BCUT2D eigenvalue weighted by atomic mass is 10.1. The average molecular weight is 348 g/mol. The first kappa shape index (κ1) is 15.7. The van der Waals surface area contributed by atoms with Crippen molar-refractivity contribution in [2.75, 3.05) is 0 Å². The number of hydrogen-bond acceptors (Lipinski definition) is 3. The molecular weight excluding hydrogens is 330 g/mol. The van der Waals surface area contributed by atoms with E-state index in [1.807, 2.05) is 54.6 Å². The molecule has 0 unspecified atom stereocenters. The summed E-state index contributed by atoms with van der Waals surface area (Å²) in [6, 6.07) is 17.1. The van der Waals surface area contributed by atoms with E-state index in [4.69, 9.17) is 10.5 Å². The first-order valence-corrected chi connectivity index (χ1v) is 7.65. The molecule has 4 heteroatoms. The highest BCUT2D eigenvalue weighted by atomic mass is 79.9. The predicted molar refractivity (Wildman–Crippen MR) is 86.7 cm³/mol. The van der Waals surface area contributed by atoms with Gasteiger partial charge in [-0.25, -0.2) is 0 Å². The number of benzene rings is 2. The predicted octanol–water partition coefficient (Wildman–Crippen LogP) is 3.45. The van der Waals surface area contributed by atoms with Crippen molar-refractivity contribution in [2.45, 2.75) is 25.5 Å². The molecule has 0 radical (unpaired) electrons. The van der Waals surface area contributed by atoms with Crippen molar-refractivity contribution < 1.29 is 9.53 Å². The van der Waals surface area contributed by atoms with Gasteiger partial charge in [0.2, 0.25) is 0 Å². The zero-order valence-corrected chi connectivity index (χ0v) is 13.3. The van der Waals surface area contributed by atoms with E-state index in [1.54, 1.807) is 0 Å². The summed E-state index contributed by atoms with van der Waals surface area (Å²) in [6.07, 6.45) is 1.36. The van der Waals surface area contributed by atoms with Crippen molar-refractivity contribution in [1.29, 1.82) is 0 Å². The maximum absolute atomic E-state index is 11.9. The van der Waals surface area contributed by atoms with Crippen LogP contribution in [0.25, 0.3) is 0 Å². The maximum atomic E-state index is 11.9. The number of carbonyl (C=O) groups excluding carboxylic acids is 1. The fourth-order valence-electron chi connectivity index (χ4n) is 1.97. The minimum absolute atomic E-state index is 0.247. The van der Waals surface area contributed by atoms with Crippen molar-refractivity contribution >= 4 is 21.9 Å². The largest absolute Gasteiger partial charge is 0.460 e. The first-order chi connectivity index (χ1) is 10.1. The zero-order valence-electron chi connectivity index (χ0n) is 11.7. The summed E-state index contributed by atoms with van der Waals surface area (Å²) in [7, 11) is 0. The molecule has 0 aliphatic heterocycles. The molecule has 21 heavy (non-hydrogen) atoms. The van der Waals surface area contributed by atoms with E-state index in [0.717, 1.165) is 16.5 Å². The lowest BCUT2D eigenvalue weighted by Crippen LogP contribution is -2.32. The van der Waals surface area contributed by atoms with Crippen LogP contribution >= 0.6 is 15.9 Å². The van der Waals surface area contributed by atoms with Gasteiger partial charge in [0.15, 0.2) is 0 Å². The third-order valence-electron chi connectivity index (χ3n) is 3.16. The molecule has 2 aromatic rings. The Bertz CT molecular complexity index is 586. The number of carbonyl (C=O) groups is 1. The summed E-state index contributed by atoms with van der Waals surface area (Å²) in [5, 5.41) is 0. The van der Waals surface area contributed by atoms with Crippen LogP contribution in [-0.2, 0) is 22.6 Å². The van der Waals surface area contributed by atoms with Gasteiger partial charge in [0, 0.05) is 4.47 Å². The van der Waals surface area contributed by atoms with Crippen LogP contribution in [0.5, 0.6) is 0 Å². The zero-order chi connectivity index (χ0) is 15.1. The Balaban J connectivity index is 1.77. The van der Waals surface area contributed by atoms with Crippen LogP contribution in [0, 0.1) is 0 Å². The summed E-state index contributed by atoms with van der Waals surface area (Å²) < 4.78 is 6.21. The van der Waals surface area contributed by atoms with Gasteiger partial charge in [-0.1, -0.05) is 58.4 Å². The van der Waals surface area contributed by atoms with Crippen LogP contribution in [0.4, 0.5) is 0 Å². The smallest absolute Gasteiger partial charge is 0.323 e. The third-order valence-corrected chi connectivity index (χ3v) is 3.65. The molecule has 0 saturated heterocycles. The third kappa shape index (κ3) is 5.33. The Hall–Kier alpha value is -1.65. The Kier molecular flexibility index (Phi) is 5.96. The second-order valence-corrected chi connectivity index (χ2v) is 5.78. The Labute approximate surface area is 133 Å². The van der Waals surface area contributed by atoms with Crippen molar-refractivity contribution in [3.63, 3.8) is 0 Å². The van der Waals surface area contributed by atoms with Crippen molar-refractivity contribution in [2.24, 2.45) is 5.73 Å². The number of aryl methyl sites for hydroxylation is 1. The SMILES string of the molecule is N[C@@H](CCc1ccccc1)C(=O)OCc1cccc(Br)c1. The summed E-state index contributed by atoms with van der Waals surface area (Å²) in [6.45, 7) is 0.247. The van der Waals surface area contributed by atoms with E-state index in [2.05, 4.69) is 15.9 Å². The fourth-order valence-corrected chi connectivity index (χ4v) is 2.42. The minimum Gasteiger partial charge on any atom is -0.460 e. The monoisotopic (exact) mass is 347 g/mol. The van der Waals surface area contributed by atoms with E-state index in [-0.39, 0.29) is 12.6 Å². The topological polar surface area (TPSA) is 52.3 Å². The van der Waals surface area contributed by atoms with Crippen LogP contribution in [0.2, 0.25) is 0 Å². The number of halogens is 1. The van der Waals surface area contributed by atoms with Gasteiger partial charge in [-0.2, -0.15) is 0 Å². The molecule has 2 rings (SSSR count). The highest BCUT2D eigenvalue weighted by Gasteiger charge is 2.15. The number of rotatable bonds is 6. The van der Waals surface area contributed by atoms with Gasteiger partial charge in [-0.05, 0) is 36.1 Å². The molecule has 0 fully saturated rings. The van der Waals surface area contributed by atoms with E-state index in [9.17, 15) is 4.79 Å². The van der Waals surface area contributed by atoms with E-state index in [1.165, 1.54) is 5.56 Å². The molecule has 0 bridgehead atoms. The van der Waals surface area contributed by atoms with Crippen LogP contribution in [0.15, 0.2) is 59.1 Å². The summed E-state index contributed by atoms with van der Waals surface area (Å²) in [5.74, 6) is -0.356. The van der Waals surface area contributed by atoms with Crippen molar-refractivity contribution in [3.05, 3.63) is 70.2 Å². The van der Waals surface area contributed by atoms with Crippen molar-refractivity contribution in [3.8, 4) is 0 Å². The first-order valence-electron chi connectivity index (χ1n) is 6.86. The van der Waals surface area contributed by atoms with Crippen LogP contribution in [-0.4, -0.2) is 12.0 Å². The van der Waals surface area contributed by atoms with E-state index in [0.29, 0.717) is 6.42 Å². The molecule has 0 heterocycles. The second-order valence-electron chi connectivity index (χ2n) is 4.87. The van der Waals surface area contributed by atoms with Gasteiger partial charge in [0.05, 0.1) is 0 Å². The number of nitrogens with two attached hydrogens (primary N) is 1. The summed E-state index contributed by atoms with van der Waals surface area (Å²) in [4.78, 5) is 11.9. The molecule has 3 nitrogen and oxygen atoms in total. The van der Waals surface area contributed by atoms with Crippen LogP contribution < -0.4 is 5.73 Å². The van der Waals surface area contributed by atoms with E-state index >= 15 is 0 Å². The standard InChI is InChI=1S/C17H18BrNO2/c18-15-8-4-7-14(11-15)12-21-17(20)16(19)10-9-13-5-2-1-3-6-13/h1-8,11,16H,9-10,12,19H2/t16-/m0/s1.